The largest absolute Gasteiger partial charge is 0.505 e. The summed E-state index contributed by atoms with van der Waals surface area (Å²) in [5.74, 6) is -3.59. The van der Waals surface area contributed by atoms with E-state index in [2.05, 4.69) is 43.4 Å². The Balaban J connectivity index is 1.89. The molecule has 0 radical (unpaired) electrons. The normalized spacial score (nSPS) is 12.7. The highest BCUT2D eigenvalue weighted by Crippen LogP contribution is 2.50. The third-order valence-corrected chi connectivity index (χ3v) is 13.7. The number of aromatic hydroxyl groups is 1. The van der Waals surface area contributed by atoms with Crippen LogP contribution in [0.5, 0.6) is 28.7 Å². The number of nitrogens with zero attached hydrogens (tertiary/aromatic N) is 4. The molecule has 0 atom stereocenters. The van der Waals surface area contributed by atoms with Crippen molar-refractivity contribution in [3.8, 4) is 28.7 Å². The summed E-state index contributed by atoms with van der Waals surface area (Å²) in [6.45, 7) is -1.42. The molecule has 0 saturated heterocycles. The zero-order valence-electron chi connectivity index (χ0n) is 32.7. The molecule has 0 amide bonds. The van der Waals surface area contributed by atoms with Crippen molar-refractivity contribution in [1.29, 1.82) is 0 Å². The summed E-state index contributed by atoms with van der Waals surface area (Å²) in [5.41, 5.74) is 3.93. The quantitative estimate of drug-likeness (QED) is 0.0102. The topological polar surface area (TPSA) is 405 Å². The van der Waals surface area contributed by atoms with E-state index in [9.17, 15) is 43.3 Å². The van der Waals surface area contributed by atoms with E-state index in [0.717, 1.165) is 57.7 Å². The van der Waals surface area contributed by atoms with Gasteiger partial charge in [-0.3, -0.25) is 13.3 Å². The maximum atomic E-state index is 13.1. The Labute approximate surface area is 370 Å². The van der Waals surface area contributed by atoms with Gasteiger partial charge in [0, 0.05) is 24.3 Å². The summed E-state index contributed by atoms with van der Waals surface area (Å²) in [5, 5.41) is 51.1. The summed E-state index contributed by atoms with van der Waals surface area (Å²) in [4.78, 5) is -2.14. The number of hydrogen-bond acceptors (Lipinski definition) is 28. The smallest absolute Gasteiger partial charge is 0.397 e. The molecule has 4 aromatic carbocycles. The van der Waals surface area contributed by atoms with Crippen molar-refractivity contribution in [2.75, 3.05) is 58.9 Å². The van der Waals surface area contributed by atoms with Crippen LogP contribution in [-0.2, 0) is 67.3 Å². The van der Waals surface area contributed by atoms with Crippen molar-refractivity contribution in [2.24, 2.45) is 20.5 Å². The van der Waals surface area contributed by atoms with E-state index in [1.807, 2.05) is 0 Å². The van der Waals surface area contributed by atoms with Crippen LogP contribution in [0, 0.1) is 0 Å². The van der Waals surface area contributed by atoms with Gasteiger partial charge in [-0.05, 0) is 17.5 Å². The number of ether oxygens (including phenoxy) is 4. The Hall–Kier alpha value is -4.76. The lowest BCUT2D eigenvalue weighted by atomic mass is 10.1. The highest BCUT2D eigenvalue weighted by Gasteiger charge is 2.28. The average Bonchev–Trinajstić information content (AvgIpc) is 3.23. The van der Waals surface area contributed by atoms with Crippen LogP contribution in [0.3, 0.4) is 0 Å². The molecule has 34 heteroatoms. The van der Waals surface area contributed by atoms with Gasteiger partial charge < -0.3 is 29.8 Å². The monoisotopic (exact) mass is 1020 g/mol. The highest BCUT2D eigenvalue weighted by atomic mass is 32.3. The number of azo groups is 2. The van der Waals surface area contributed by atoms with Gasteiger partial charge in [-0.15, -0.1) is 29.1 Å². The minimum absolute atomic E-state index is 0.157. The second-order valence-electron chi connectivity index (χ2n) is 11.7. The van der Waals surface area contributed by atoms with Crippen molar-refractivity contribution < 1.29 is 104 Å². The van der Waals surface area contributed by atoms with E-state index in [1.165, 1.54) is 7.11 Å². The third-order valence-electron chi connectivity index (χ3n) is 7.99. The van der Waals surface area contributed by atoms with E-state index in [0.29, 0.717) is 0 Å². The molecule has 0 aromatic heterocycles. The molecule has 0 aliphatic carbocycles. The summed E-state index contributed by atoms with van der Waals surface area (Å²) >= 11 is 0.377. The molecule has 0 bridgehead atoms. The molecule has 0 aliphatic rings. The van der Waals surface area contributed by atoms with Crippen LogP contribution in [0.25, 0.3) is 10.8 Å². The summed E-state index contributed by atoms with van der Waals surface area (Å²) in [6.07, 6.45) is 0. The van der Waals surface area contributed by atoms with Gasteiger partial charge in [0.2, 0.25) is 0 Å². The molecule has 28 nitrogen and oxygen atoms in total. The average molecular weight is 1020 g/mol. The molecule has 0 unspecified atom stereocenters. The molecule has 4 aromatic rings. The number of anilines is 1. The molecule has 64 heavy (non-hydrogen) atoms. The lowest BCUT2D eigenvalue weighted by molar-refractivity contribution is -0.434. The van der Waals surface area contributed by atoms with Gasteiger partial charge in [0.15, 0.2) is 37.7 Å². The second kappa shape index (κ2) is 21.9. The van der Waals surface area contributed by atoms with E-state index < -0.39 is 103 Å². The fraction of sp³-hybridized carbons (Fsp3) is 0.267. The van der Waals surface area contributed by atoms with Crippen molar-refractivity contribution in [1.82, 2.24) is 0 Å². The van der Waals surface area contributed by atoms with Gasteiger partial charge in [0.25, 0.3) is 10.1 Å². The SMILES string of the molecule is COc1cc(S(=O)(=O)CCOS(=O)(=O)O)c(OC)cc1/N=N/c1c(S(=O)(=O)O)cc2cc(SOOO)c(/N=N/c3cc(OC)c(S(=O)(=O)CCOSOOO)cc3OC)c(O)c2c1N. The van der Waals surface area contributed by atoms with Gasteiger partial charge in [-0.2, -0.15) is 16.8 Å². The molecule has 7 N–H and O–H groups in total. The lowest BCUT2D eigenvalue weighted by Gasteiger charge is -2.15. The number of rotatable bonds is 24. The van der Waals surface area contributed by atoms with E-state index in [1.54, 1.807) is 0 Å². The number of benzene rings is 4. The van der Waals surface area contributed by atoms with Crippen LogP contribution in [0.4, 0.5) is 28.4 Å². The zero-order valence-corrected chi connectivity index (χ0v) is 37.6. The second-order valence-corrected chi connectivity index (χ2v) is 19.6. The first-order valence-corrected chi connectivity index (χ1v) is 24.0. The first-order valence-electron chi connectivity index (χ1n) is 16.5. The third kappa shape index (κ3) is 12.7. The Kier molecular flexibility index (Phi) is 17.8. The maximum Gasteiger partial charge on any atom is 0.397 e. The predicted molar refractivity (Wildman–Crippen MR) is 218 cm³/mol. The number of phenols is 1. The Morgan fingerprint density at radius 2 is 1.12 bits per heavy atom. The summed E-state index contributed by atoms with van der Waals surface area (Å²) in [6, 6.07) is 5.97. The molecule has 352 valence electrons. The molecule has 0 heterocycles. The van der Waals surface area contributed by atoms with Gasteiger partial charge in [-0.1, -0.05) is 10.1 Å². The highest BCUT2D eigenvalue weighted by molar-refractivity contribution is 7.94. The first kappa shape index (κ1) is 51.9. The van der Waals surface area contributed by atoms with Gasteiger partial charge in [0.1, 0.15) is 60.4 Å². The zero-order chi connectivity index (χ0) is 47.6. The van der Waals surface area contributed by atoms with Crippen LogP contribution in [0.2, 0.25) is 0 Å². The number of fused-ring (bicyclic) bond motifs is 1. The van der Waals surface area contributed by atoms with Crippen molar-refractivity contribution in [2.45, 2.75) is 19.6 Å². The Morgan fingerprint density at radius 1 is 0.625 bits per heavy atom. The van der Waals surface area contributed by atoms with Crippen LogP contribution in [-0.4, -0.2) is 112 Å². The molecular formula is C30H33N5O23S6. The van der Waals surface area contributed by atoms with Gasteiger partial charge >= 0.3 is 10.4 Å². The molecule has 0 aliphatic heterocycles. The van der Waals surface area contributed by atoms with Gasteiger partial charge in [0.05, 0.1) is 81.2 Å². The van der Waals surface area contributed by atoms with Crippen LogP contribution < -0.4 is 24.7 Å². The van der Waals surface area contributed by atoms with E-state index in [-0.39, 0.29) is 73.6 Å². The number of phenolic OH excluding ortho intramolecular Hbond substituents is 1. The number of hydrogen-bond donors (Lipinski definition) is 6. The predicted octanol–water partition coefficient (Wildman–Crippen LogP) is 5.04. The van der Waals surface area contributed by atoms with Crippen LogP contribution >= 0.6 is 24.4 Å². The van der Waals surface area contributed by atoms with Crippen molar-refractivity contribution in [3.63, 3.8) is 0 Å². The number of nitrogen functional groups attached to an aromatic ring is 1. The minimum atomic E-state index is -5.23. The van der Waals surface area contributed by atoms with Crippen molar-refractivity contribution in [3.05, 3.63) is 36.4 Å². The fourth-order valence-corrected chi connectivity index (χ4v) is 9.66. The van der Waals surface area contributed by atoms with E-state index in [4.69, 9.17) is 43.9 Å². The number of sulfone groups is 2. The van der Waals surface area contributed by atoms with Crippen LogP contribution in [0.1, 0.15) is 0 Å². The Morgan fingerprint density at radius 3 is 1.59 bits per heavy atom. The minimum Gasteiger partial charge on any atom is -0.505 e. The van der Waals surface area contributed by atoms with E-state index >= 15 is 0 Å². The van der Waals surface area contributed by atoms with Crippen molar-refractivity contribution >= 4 is 104 Å². The molecule has 4 rings (SSSR count). The summed E-state index contributed by atoms with van der Waals surface area (Å²) in [7, 11) is -14.3. The van der Waals surface area contributed by atoms with Gasteiger partial charge in [-0.25, -0.2) is 31.5 Å². The standard InChI is InChI=1S/C30H33N5O23S6/c1-49-18-13-23(61(39,40)7-5-53-60-58-56-38)20(51-3)11-16(18)32-34-28-22(59-57-55-37)9-15-10-25(63(43,44)45)29(27(31)26(15)30(28)36)35-33-17-12-21(52-4)24(14-19(17)50-2)62(41,42)8-6-54-64(46,47)48/h9-14,36-38H,5-8,31H2,1-4H3,(H,43,44,45)(H,46,47,48)/b34-32+,35-33+. The summed E-state index contributed by atoms with van der Waals surface area (Å²) < 4.78 is 157. The molecular weight excluding hydrogens is 991 g/mol. The first-order chi connectivity index (χ1) is 30.1. The Bertz CT molecular complexity index is 2880. The maximum absolute atomic E-state index is 13.1. The number of nitrogens with two attached hydrogens (primary N) is 1. The van der Waals surface area contributed by atoms with Crippen LogP contribution in [0.15, 0.2) is 76.4 Å². The molecule has 0 spiro atoms. The fourth-order valence-electron chi connectivity index (χ4n) is 5.26. The molecule has 0 saturated carbocycles. The molecule has 0 fully saturated rings. The lowest BCUT2D eigenvalue weighted by Crippen LogP contribution is -2.16. The number of methoxy groups -OCH3 is 4.